The molecule has 2 aliphatic heterocycles. The van der Waals surface area contributed by atoms with Crippen molar-refractivity contribution in [3.05, 3.63) is 58.1 Å². The highest BCUT2D eigenvalue weighted by Crippen LogP contribution is 2.45. The molecule has 10 heteroatoms. The maximum absolute atomic E-state index is 12.7. The van der Waals surface area contributed by atoms with Crippen LogP contribution in [0.3, 0.4) is 0 Å². The number of methoxy groups -OCH3 is 1. The summed E-state index contributed by atoms with van der Waals surface area (Å²) in [6.45, 7) is 7.48. The number of ether oxygens (including phenoxy) is 1. The Labute approximate surface area is 225 Å². The number of aromatic carboxylic acids is 1. The maximum atomic E-state index is 12.7. The van der Waals surface area contributed by atoms with Gasteiger partial charge in [-0.25, -0.2) is 14.8 Å². The normalized spacial score (nSPS) is 17.3. The second-order valence-electron chi connectivity index (χ2n) is 11.3. The Hall–Kier alpha value is -4.21. The van der Waals surface area contributed by atoms with E-state index in [4.69, 9.17) is 4.74 Å². The second kappa shape index (κ2) is 9.83. The van der Waals surface area contributed by atoms with Crippen LogP contribution in [-0.4, -0.2) is 56.9 Å². The molecule has 0 saturated carbocycles. The highest BCUT2D eigenvalue weighted by Gasteiger charge is 2.34. The smallest absolute Gasteiger partial charge is 0.341 e. The molecule has 1 saturated heterocycles. The highest BCUT2D eigenvalue weighted by atomic mass is 16.5. The van der Waals surface area contributed by atoms with E-state index in [1.807, 2.05) is 21.6 Å². The van der Waals surface area contributed by atoms with Gasteiger partial charge in [0.05, 0.1) is 18.7 Å². The minimum Gasteiger partial charge on any atom is -0.496 e. The number of benzene rings is 1. The number of fused-ring (bicyclic) bond motifs is 3. The Morgan fingerprint density at radius 1 is 1.03 bits per heavy atom. The number of aliphatic carboxylic acids is 1. The summed E-state index contributed by atoms with van der Waals surface area (Å²) in [6, 6.07) is 5.26. The second-order valence-corrected chi connectivity index (χ2v) is 11.3. The largest absolute Gasteiger partial charge is 0.496 e. The van der Waals surface area contributed by atoms with E-state index >= 15 is 0 Å². The van der Waals surface area contributed by atoms with Crippen molar-refractivity contribution >= 4 is 17.9 Å². The first-order valence-corrected chi connectivity index (χ1v) is 13.0. The molecule has 2 aliphatic rings. The van der Waals surface area contributed by atoms with Crippen molar-refractivity contribution in [1.29, 1.82) is 0 Å². The number of pyridine rings is 1. The first-order chi connectivity index (χ1) is 18.5. The molecule has 1 aromatic carbocycles. The zero-order chi connectivity index (χ0) is 28.1. The van der Waals surface area contributed by atoms with Gasteiger partial charge in [-0.1, -0.05) is 20.8 Å². The maximum Gasteiger partial charge on any atom is 0.341 e. The molecule has 5 rings (SSSR count). The summed E-state index contributed by atoms with van der Waals surface area (Å²) in [7, 11) is 1.58. The molecule has 4 heterocycles. The molecule has 2 aromatic heterocycles. The van der Waals surface area contributed by atoms with Gasteiger partial charge in [0.25, 0.3) is 0 Å². The summed E-state index contributed by atoms with van der Waals surface area (Å²) >= 11 is 0. The third-order valence-electron chi connectivity index (χ3n) is 7.84. The van der Waals surface area contributed by atoms with Crippen LogP contribution in [0.1, 0.15) is 55.6 Å². The Morgan fingerprint density at radius 2 is 1.69 bits per heavy atom. The minimum absolute atomic E-state index is 0.0766. The Morgan fingerprint density at radius 3 is 2.26 bits per heavy atom. The molecule has 204 valence electrons. The lowest BCUT2D eigenvalue weighted by molar-refractivity contribution is -0.142. The standard InChI is InChI=1S/C29H32N4O6/c1-29(2,3)25-10-17-9-20(18-13-30-28(31-14-18)32-7-5-16(6-8-32)26(35)36)24(39-4)11-19(17)22-12-23(34)21(27(37)38)15-33(22)25/h9,11-16,25H,5-8,10H2,1-4H3,(H,35,36)(H,37,38). The van der Waals surface area contributed by atoms with Crippen LogP contribution < -0.4 is 15.1 Å². The van der Waals surface area contributed by atoms with Gasteiger partial charge in [0, 0.05) is 60.5 Å². The fourth-order valence-electron chi connectivity index (χ4n) is 5.59. The topological polar surface area (TPSA) is 135 Å². The summed E-state index contributed by atoms with van der Waals surface area (Å²) in [5, 5.41) is 18.8. The molecule has 10 nitrogen and oxygen atoms in total. The van der Waals surface area contributed by atoms with E-state index in [0.29, 0.717) is 49.7 Å². The molecule has 0 bridgehead atoms. The van der Waals surface area contributed by atoms with Crippen molar-refractivity contribution in [3.8, 4) is 28.1 Å². The van der Waals surface area contributed by atoms with Gasteiger partial charge >= 0.3 is 11.9 Å². The van der Waals surface area contributed by atoms with Crippen molar-refractivity contribution in [2.45, 2.75) is 46.1 Å². The van der Waals surface area contributed by atoms with E-state index in [1.54, 1.807) is 19.5 Å². The highest BCUT2D eigenvalue weighted by molar-refractivity contribution is 5.88. The summed E-state index contributed by atoms with van der Waals surface area (Å²) < 4.78 is 7.66. The fourth-order valence-corrected chi connectivity index (χ4v) is 5.59. The molecule has 0 aliphatic carbocycles. The summed E-state index contributed by atoms with van der Waals surface area (Å²) in [5.41, 5.74) is 3.10. The van der Waals surface area contributed by atoms with Gasteiger partial charge in [-0.15, -0.1) is 0 Å². The van der Waals surface area contributed by atoms with Crippen molar-refractivity contribution < 1.29 is 24.5 Å². The van der Waals surface area contributed by atoms with E-state index in [9.17, 15) is 24.6 Å². The fraction of sp³-hybridized carbons (Fsp3) is 0.414. The molecule has 2 N–H and O–H groups in total. The van der Waals surface area contributed by atoms with Crippen molar-refractivity contribution in [2.75, 3.05) is 25.1 Å². The van der Waals surface area contributed by atoms with Crippen molar-refractivity contribution in [3.63, 3.8) is 0 Å². The summed E-state index contributed by atoms with van der Waals surface area (Å²) in [5.74, 6) is -1.17. The molecule has 1 unspecified atom stereocenters. The number of piperidine rings is 1. The summed E-state index contributed by atoms with van der Waals surface area (Å²) in [4.78, 5) is 46.8. The molecule has 3 aromatic rings. The zero-order valence-electron chi connectivity index (χ0n) is 22.5. The lowest BCUT2D eigenvalue weighted by atomic mass is 9.78. The van der Waals surface area contributed by atoms with Crippen LogP contribution in [0, 0.1) is 11.3 Å². The van der Waals surface area contributed by atoms with E-state index in [1.165, 1.54) is 12.3 Å². The average molecular weight is 533 g/mol. The number of anilines is 1. The number of aromatic nitrogens is 3. The molecule has 0 amide bonds. The number of carboxylic acid groups (broad SMARTS) is 2. The molecular weight excluding hydrogens is 500 g/mol. The monoisotopic (exact) mass is 532 g/mol. The lowest BCUT2D eigenvalue weighted by Gasteiger charge is -2.39. The van der Waals surface area contributed by atoms with E-state index in [2.05, 4.69) is 30.7 Å². The number of rotatable bonds is 5. The van der Waals surface area contributed by atoms with E-state index in [0.717, 1.165) is 22.3 Å². The van der Waals surface area contributed by atoms with Crippen LogP contribution in [0.4, 0.5) is 5.95 Å². The van der Waals surface area contributed by atoms with Crippen LogP contribution in [0.25, 0.3) is 22.4 Å². The van der Waals surface area contributed by atoms with Crippen LogP contribution >= 0.6 is 0 Å². The molecule has 0 spiro atoms. The van der Waals surface area contributed by atoms with Gasteiger partial charge in [-0.05, 0) is 42.4 Å². The number of hydrogen-bond acceptors (Lipinski definition) is 7. The van der Waals surface area contributed by atoms with Crippen molar-refractivity contribution in [2.24, 2.45) is 11.3 Å². The number of carboxylic acids is 2. The van der Waals surface area contributed by atoms with Gasteiger partial charge in [-0.2, -0.15) is 0 Å². The van der Waals surface area contributed by atoms with Crippen LogP contribution in [0.5, 0.6) is 5.75 Å². The first kappa shape index (κ1) is 26.4. The van der Waals surface area contributed by atoms with Crippen LogP contribution in [-0.2, 0) is 11.2 Å². The third kappa shape index (κ3) is 4.86. The molecule has 39 heavy (non-hydrogen) atoms. The van der Waals surface area contributed by atoms with Gasteiger partial charge in [0.2, 0.25) is 5.95 Å². The van der Waals surface area contributed by atoms with Crippen LogP contribution in [0.15, 0.2) is 41.6 Å². The van der Waals surface area contributed by atoms with Crippen molar-refractivity contribution in [1.82, 2.24) is 14.5 Å². The molecule has 0 radical (unpaired) electrons. The predicted octanol–water partition coefficient (Wildman–Crippen LogP) is 4.12. The molecular formula is C29H32N4O6. The minimum atomic E-state index is -1.24. The Balaban J connectivity index is 1.54. The van der Waals surface area contributed by atoms with Crippen LogP contribution in [0.2, 0.25) is 0 Å². The Kier molecular flexibility index (Phi) is 6.65. The quantitative estimate of drug-likeness (QED) is 0.497. The molecule has 1 fully saturated rings. The number of nitrogens with zero attached hydrogens (tertiary/aromatic N) is 4. The van der Waals surface area contributed by atoms with E-state index < -0.39 is 17.4 Å². The number of carbonyl (C=O) groups is 2. The van der Waals surface area contributed by atoms with Gasteiger partial charge < -0.3 is 24.4 Å². The lowest BCUT2D eigenvalue weighted by Crippen LogP contribution is -2.37. The van der Waals surface area contributed by atoms with Gasteiger partial charge in [-0.3, -0.25) is 9.59 Å². The van der Waals surface area contributed by atoms with Gasteiger partial charge in [0.1, 0.15) is 11.3 Å². The summed E-state index contributed by atoms with van der Waals surface area (Å²) in [6.07, 6.45) is 6.72. The van der Waals surface area contributed by atoms with E-state index in [-0.39, 0.29) is 22.9 Å². The Bertz CT molecular complexity index is 1500. The zero-order valence-corrected chi connectivity index (χ0v) is 22.5. The predicted molar refractivity (Wildman–Crippen MR) is 145 cm³/mol. The molecule has 1 atom stereocenters. The first-order valence-electron chi connectivity index (χ1n) is 13.0. The SMILES string of the molecule is COc1cc2c(cc1-c1cnc(N3CCC(C(=O)O)CC3)nc1)CC(C(C)(C)C)n1cc(C(=O)O)c(=O)cc1-2. The third-order valence-corrected chi connectivity index (χ3v) is 7.84. The van der Waals surface area contributed by atoms with Gasteiger partial charge in [0.15, 0.2) is 5.43 Å². The number of hydrogen-bond donors (Lipinski definition) is 2. The average Bonchev–Trinajstić information content (AvgIpc) is 2.91.